The lowest BCUT2D eigenvalue weighted by Crippen LogP contribution is -2.48. The highest BCUT2D eigenvalue weighted by atomic mass is 19.1. The van der Waals surface area contributed by atoms with Crippen LogP contribution in [0, 0.1) is 5.82 Å². The summed E-state index contributed by atoms with van der Waals surface area (Å²) in [6.45, 7) is 3.67. The Labute approximate surface area is 179 Å². The fraction of sp³-hybridized carbons (Fsp3) is 0.261. The van der Waals surface area contributed by atoms with Crippen molar-refractivity contribution in [2.75, 3.05) is 26.2 Å². The monoisotopic (exact) mass is 418 g/mol. The zero-order valence-electron chi connectivity index (χ0n) is 17.3. The van der Waals surface area contributed by atoms with E-state index in [2.05, 4.69) is 21.2 Å². The van der Waals surface area contributed by atoms with Gasteiger partial charge in [0.05, 0.1) is 16.9 Å². The van der Waals surface area contributed by atoms with Crippen LogP contribution in [0.1, 0.15) is 16.2 Å². The van der Waals surface area contributed by atoms with Crippen LogP contribution in [-0.4, -0.2) is 61.3 Å². The summed E-state index contributed by atoms with van der Waals surface area (Å²) in [5.74, 6) is -0.326. The van der Waals surface area contributed by atoms with Crippen LogP contribution >= 0.6 is 0 Å². The quantitative estimate of drug-likeness (QED) is 0.511. The number of rotatable bonds is 4. The Morgan fingerprint density at radius 3 is 2.52 bits per heavy atom. The summed E-state index contributed by atoms with van der Waals surface area (Å²) >= 11 is 0. The highest BCUT2D eigenvalue weighted by Crippen LogP contribution is 2.21. The number of nitrogens with zero attached hydrogens (tertiary/aromatic N) is 6. The maximum Gasteiger partial charge on any atom is 0.272 e. The molecule has 1 saturated heterocycles. The van der Waals surface area contributed by atoms with Crippen molar-refractivity contribution < 1.29 is 9.18 Å². The van der Waals surface area contributed by atoms with Crippen molar-refractivity contribution in [1.29, 1.82) is 0 Å². The van der Waals surface area contributed by atoms with Crippen molar-refractivity contribution in [2.24, 2.45) is 7.05 Å². The van der Waals surface area contributed by atoms with Gasteiger partial charge in [0.2, 0.25) is 0 Å². The molecule has 1 aromatic carbocycles. The number of aryl methyl sites for hydroxylation is 1. The molecule has 0 radical (unpaired) electrons. The minimum atomic E-state index is -0.294. The number of carbonyl (C=O) groups excluding carboxylic acids is 1. The summed E-state index contributed by atoms with van der Waals surface area (Å²) in [7, 11) is 1.76. The first-order valence-corrected chi connectivity index (χ1v) is 10.3. The van der Waals surface area contributed by atoms with Gasteiger partial charge in [0, 0.05) is 51.5 Å². The second kappa shape index (κ2) is 7.96. The largest absolute Gasteiger partial charge is 0.335 e. The molecule has 31 heavy (non-hydrogen) atoms. The molecule has 1 aliphatic rings. The summed E-state index contributed by atoms with van der Waals surface area (Å²) in [5.41, 5.74) is 4.10. The Morgan fingerprint density at radius 2 is 1.77 bits per heavy atom. The average Bonchev–Trinajstić information content (AvgIpc) is 3.37. The Bertz CT molecular complexity index is 1190. The van der Waals surface area contributed by atoms with Crippen molar-refractivity contribution in [2.45, 2.75) is 6.54 Å². The van der Waals surface area contributed by atoms with Crippen molar-refractivity contribution in [1.82, 2.24) is 29.2 Å². The summed E-state index contributed by atoms with van der Waals surface area (Å²) in [5, 5.41) is 9.06. The zero-order valence-corrected chi connectivity index (χ0v) is 17.3. The van der Waals surface area contributed by atoms with E-state index >= 15 is 0 Å². The second-order valence-electron chi connectivity index (χ2n) is 7.82. The second-order valence-corrected chi connectivity index (χ2v) is 7.82. The number of fused-ring (bicyclic) bond motifs is 1. The van der Waals surface area contributed by atoms with E-state index in [0.29, 0.717) is 24.5 Å². The van der Waals surface area contributed by atoms with E-state index in [0.717, 1.165) is 36.4 Å². The van der Waals surface area contributed by atoms with Gasteiger partial charge in [0.15, 0.2) is 0 Å². The van der Waals surface area contributed by atoms with E-state index in [-0.39, 0.29) is 11.7 Å². The maximum atomic E-state index is 13.2. The van der Waals surface area contributed by atoms with Gasteiger partial charge in [-0.3, -0.25) is 14.4 Å². The van der Waals surface area contributed by atoms with Crippen molar-refractivity contribution in [3.8, 4) is 11.3 Å². The van der Waals surface area contributed by atoms with E-state index in [4.69, 9.17) is 0 Å². The summed E-state index contributed by atoms with van der Waals surface area (Å²) in [6.07, 6.45) is 1.95. The normalized spacial score (nSPS) is 15.0. The topological polar surface area (TPSA) is 58.7 Å². The third kappa shape index (κ3) is 3.94. The maximum absolute atomic E-state index is 13.2. The van der Waals surface area contributed by atoms with Gasteiger partial charge in [-0.1, -0.05) is 6.07 Å². The lowest BCUT2D eigenvalue weighted by molar-refractivity contribution is 0.0616. The zero-order chi connectivity index (χ0) is 21.4. The van der Waals surface area contributed by atoms with Crippen LogP contribution in [0.5, 0.6) is 0 Å². The molecule has 3 aromatic heterocycles. The van der Waals surface area contributed by atoms with Crippen LogP contribution in [0.3, 0.4) is 0 Å². The molecule has 7 nitrogen and oxygen atoms in total. The van der Waals surface area contributed by atoms with E-state index < -0.39 is 0 Å². The number of benzene rings is 1. The molecule has 0 saturated carbocycles. The van der Waals surface area contributed by atoms with Crippen LogP contribution in [0.25, 0.3) is 16.8 Å². The number of hydrogen-bond donors (Lipinski definition) is 0. The molecule has 4 heterocycles. The van der Waals surface area contributed by atoms with Crippen LogP contribution in [0.4, 0.5) is 4.39 Å². The third-order valence-electron chi connectivity index (χ3n) is 5.70. The number of amides is 1. The molecule has 4 aromatic rings. The smallest absolute Gasteiger partial charge is 0.272 e. The average molecular weight is 418 g/mol. The van der Waals surface area contributed by atoms with Crippen LogP contribution in [0.2, 0.25) is 0 Å². The number of piperazine rings is 1. The third-order valence-corrected chi connectivity index (χ3v) is 5.70. The summed E-state index contributed by atoms with van der Waals surface area (Å²) in [6, 6.07) is 16.0. The summed E-state index contributed by atoms with van der Waals surface area (Å²) < 4.78 is 16.7. The Morgan fingerprint density at radius 1 is 1.00 bits per heavy atom. The molecule has 1 fully saturated rings. The summed E-state index contributed by atoms with van der Waals surface area (Å²) in [4.78, 5) is 17.3. The minimum Gasteiger partial charge on any atom is -0.335 e. The van der Waals surface area contributed by atoms with E-state index in [1.807, 2.05) is 33.8 Å². The predicted octanol–water partition coefficient (Wildman–Crippen LogP) is 2.83. The number of hydrogen-bond acceptors (Lipinski definition) is 4. The molecule has 0 bridgehead atoms. The molecule has 0 atom stereocenters. The molecule has 5 rings (SSSR count). The molecule has 0 unspecified atom stereocenters. The Kier molecular flexibility index (Phi) is 4.99. The minimum absolute atomic E-state index is 0.0317. The van der Waals surface area contributed by atoms with Crippen LogP contribution in [-0.2, 0) is 13.6 Å². The highest BCUT2D eigenvalue weighted by Gasteiger charge is 2.25. The molecule has 8 heteroatoms. The van der Waals surface area contributed by atoms with Gasteiger partial charge in [0.25, 0.3) is 5.91 Å². The van der Waals surface area contributed by atoms with Gasteiger partial charge < -0.3 is 4.90 Å². The van der Waals surface area contributed by atoms with Gasteiger partial charge in [-0.15, -0.1) is 0 Å². The fourth-order valence-corrected chi connectivity index (χ4v) is 4.00. The molecule has 0 spiro atoms. The van der Waals surface area contributed by atoms with Gasteiger partial charge >= 0.3 is 0 Å². The molecule has 158 valence electrons. The Hall–Kier alpha value is -3.52. The van der Waals surface area contributed by atoms with E-state index in [1.54, 1.807) is 29.9 Å². The first kappa shape index (κ1) is 19.4. The van der Waals surface area contributed by atoms with Gasteiger partial charge in [-0.25, -0.2) is 8.91 Å². The standard InChI is InChI=1S/C23H23FN6O/c1-27-22(15-21(26-27)17-5-7-18(24)8-6-17)23(31)29-12-10-28(11-13-29)16-19-14-20-4-2-3-9-30(20)25-19/h2-9,14-15H,10-13,16H2,1H3. The number of carbonyl (C=O) groups is 1. The Balaban J connectivity index is 1.23. The SMILES string of the molecule is Cn1nc(-c2ccc(F)cc2)cc1C(=O)N1CCN(Cc2cc3ccccn3n2)CC1. The number of pyridine rings is 1. The molecular weight excluding hydrogens is 395 g/mol. The molecule has 1 amide bonds. The van der Waals surface area contributed by atoms with Gasteiger partial charge in [-0.2, -0.15) is 10.2 Å². The molecule has 0 N–H and O–H groups in total. The lowest BCUT2D eigenvalue weighted by atomic mass is 10.1. The number of aromatic nitrogens is 4. The first-order chi connectivity index (χ1) is 15.1. The van der Waals surface area contributed by atoms with Gasteiger partial charge in [0.1, 0.15) is 11.5 Å². The molecular formula is C23H23FN6O. The van der Waals surface area contributed by atoms with Crippen LogP contribution in [0.15, 0.2) is 60.8 Å². The lowest BCUT2D eigenvalue weighted by Gasteiger charge is -2.34. The van der Waals surface area contributed by atoms with E-state index in [9.17, 15) is 9.18 Å². The van der Waals surface area contributed by atoms with E-state index in [1.165, 1.54) is 12.1 Å². The fourth-order valence-electron chi connectivity index (χ4n) is 4.00. The van der Waals surface area contributed by atoms with Crippen molar-refractivity contribution in [3.63, 3.8) is 0 Å². The van der Waals surface area contributed by atoms with Crippen LogP contribution < -0.4 is 0 Å². The highest BCUT2D eigenvalue weighted by molar-refractivity contribution is 5.93. The van der Waals surface area contributed by atoms with Gasteiger partial charge in [-0.05, 0) is 48.5 Å². The molecule has 0 aliphatic carbocycles. The first-order valence-electron chi connectivity index (χ1n) is 10.3. The predicted molar refractivity (Wildman–Crippen MR) is 115 cm³/mol. The molecule has 1 aliphatic heterocycles. The van der Waals surface area contributed by atoms with Crippen molar-refractivity contribution in [3.05, 3.63) is 78.0 Å². The van der Waals surface area contributed by atoms with Crippen molar-refractivity contribution >= 4 is 11.4 Å². The number of halogens is 1.